The molecule has 3 unspecified atom stereocenters. The molecule has 0 bridgehead atoms. The summed E-state index contributed by atoms with van der Waals surface area (Å²) in [6.45, 7) is 6.33. The Morgan fingerprint density at radius 1 is 0.484 bits per heavy atom. The number of carbonyl (C=O) groups is 2. The highest BCUT2D eigenvalue weighted by molar-refractivity contribution is 5.77. The summed E-state index contributed by atoms with van der Waals surface area (Å²) in [4.78, 5) is 26.1. The van der Waals surface area contributed by atoms with Crippen LogP contribution < -0.4 is 5.32 Å². The highest BCUT2D eigenvalue weighted by Crippen LogP contribution is 2.16. The maximum Gasteiger partial charge on any atom is 0.306 e. The molecule has 6 nitrogen and oxygen atoms in total. The molecule has 0 saturated carbocycles. The Morgan fingerprint density at radius 3 is 1.33 bits per heavy atom. The molecule has 0 saturated heterocycles. The number of rotatable bonds is 47. The standard InChI is InChI=1S/C58H101NO5/c1-4-7-10-13-16-19-22-25-27-28-30-33-35-38-41-44-47-50-56(61)55(53-60)59-57(62)52-54(49-46-43-40-37-34-32-29-26-23-20-17-14-11-8-5-2)64-58(63)51-48-45-42-39-36-31-24-21-18-15-12-9-6-3/h8,11,17,20,26,29,31,34,36-37,42-43,45-46,54-56,60-61H,4-7,9-10,12-16,18-19,21-25,27-28,30,32-33,35,38-41,44,47-53H2,1-3H3,(H,59,62)/b11-8-,20-17-,29-26-,36-31-,37-34-,45-42+,46-43-. The van der Waals surface area contributed by atoms with Crippen molar-refractivity contribution in [3.05, 3.63) is 85.1 Å². The van der Waals surface area contributed by atoms with Gasteiger partial charge in [0, 0.05) is 12.8 Å². The maximum absolute atomic E-state index is 13.2. The fourth-order valence-electron chi connectivity index (χ4n) is 7.68. The van der Waals surface area contributed by atoms with E-state index in [1.165, 1.54) is 128 Å². The molecular weight excluding hydrogens is 791 g/mol. The van der Waals surface area contributed by atoms with Crippen LogP contribution in [0, 0.1) is 0 Å². The summed E-state index contributed by atoms with van der Waals surface area (Å²) >= 11 is 0. The van der Waals surface area contributed by atoms with E-state index in [1.54, 1.807) is 0 Å². The first-order valence-electron chi connectivity index (χ1n) is 26.8. The molecule has 0 radical (unpaired) electrons. The summed E-state index contributed by atoms with van der Waals surface area (Å²) in [5, 5.41) is 23.8. The van der Waals surface area contributed by atoms with Gasteiger partial charge >= 0.3 is 5.97 Å². The average Bonchev–Trinajstić information content (AvgIpc) is 3.29. The molecular formula is C58H101NO5. The van der Waals surface area contributed by atoms with Crippen LogP contribution in [0.2, 0.25) is 0 Å². The van der Waals surface area contributed by atoms with E-state index in [-0.39, 0.29) is 31.3 Å². The van der Waals surface area contributed by atoms with Crippen LogP contribution in [0.25, 0.3) is 0 Å². The van der Waals surface area contributed by atoms with Gasteiger partial charge in [-0.15, -0.1) is 0 Å². The smallest absolute Gasteiger partial charge is 0.306 e. The molecule has 64 heavy (non-hydrogen) atoms. The van der Waals surface area contributed by atoms with Crippen LogP contribution >= 0.6 is 0 Å². The Morgan fingerprint density at radius 2 is 0.875 bits per heavy atom. The van der Waals surface area contributed by atoms with E-state index >= 15 is 0 Å². The molecule has 0 spiro atoms. The van der Waals surface area contributed by atoms with Crippen molar-refractivity contribution in [1.29, 1.82) is 0 Å². The van der Waals surface area contributed by atoms with E-state index in [2.05, 4.69) is 92.9 Å². The molecule has 0 fully saturated rings. The van der Waals surface area contributed by atoms with Crippen molar-refractivity contribution < 1.29 is 24.5 Å². The molecule has 368 valence electrons. The summed E-state index contributed by atoms with van der Waals surface area (Å²) in [6.07, 6.45) is 66.7. The van der Waals surface area contributed by atoms with Crippen molar-refractivity contribution in [2.75, 3.05) is 6.61 Å². The van der Waals surface area contributed by atoms with Crippen molar-refractivity contribution in [2.24, 2.45) is 0 Å². The Balaban J connectivity index is 4.72. The Hall–Kier alpha value is -2.96. The first-order valence-corrected chi connectivity index (χ1v) is 26.8. The molecule has 0 aliphatic rings. The fraction of sp³-hybridized carbons (Fsp3) is 0.724. The van der Waals surface area contributed by atoms with Crippen LogP contribution in [0.1, 0.15) is 245 Å². The number of unbranched alkanes of at least 4 members (excludes halogenated alkanes) is 22. The van der Waals surface area contributed by atoms with Gasteiger partial charge in [0.15, 0.2) is 0 Å². The monoisotopic (exact) mass is 892 g/mol. The molecule has 3 N–H and O–H groups in total. The van der Waals surface area contributed by atoms with E-state index in [9.17, 15) is 19.8 Å². The van der Waals surface area contributed by atoms with E-state index in [4.69, 9.17) is 4.74 Å². The molecule has 0 aromatic heterocycles. The van der Waals surface area contributed by atoms with E-state index in [0.29, 0.717) is 19.3 Å². The molecule has 0 aromatic carbocycles. The second kappa shape index (κ2) is 51.0. The lowest BCUT2D eigenvalue weighted by Crippen LogP contribution is -2.46. The molecule has 3 atom stereocenters. The molecule has 1 amide bonds. The molecule has 0 aromatic rings. The zero-order valence-electron chi connectivity index (χ0n) is 41.9. The lowest BCUT2D eigenvalue weighted by molar-refractivity contribution is -0.150. The van der Waals surface area contributed by atoms with E-state index < -0.39 is 18.2 Å². The number of hydrogen-bond donors (Lipinski definition) is 3. The van der Waals surface area contributed by atoms with Gasteiger partial charge < -0.3 is 20.3 Å². The highest BCUT2D eigenvalue weighted by atomic mass is 16.5. The normalized spacial score (nSPS) is 13.9. The van der Waals surface area contributed by atoms with Gasteiger partial charge in [-0.2, -0.15) is 0 Å². The Bertz CT molecular complexity index is 1230. The summed E-state index contributed by atoms with van der Waals surface area (Å²) < 4.78 is 5.83. The quantitative estimate of drug-likeness (QED) is 0.0321. The number of aliphatic hydroxyl groups excluding tert-OH is 2. The van der Waals surface area contributed by atoms with Crippen molar-refractivity contribution in [3.8, 4) is 0 Å². The van der Waals surface area contributed by atoms with Gasteiger partial charge in [0.1, 0.15) is 6.10 Å². The van der Waals surface area contributed by atoms with Gasteiger partial charge in [-0.1, -0.05) is 247 Å². The van der Waals surface area contributed by atoms with Gasteiger partial charge in [-0.05, 0) is 64.2 Å². The van der Waals surface area contributed by atoms with E-state index in [1.807, 2.05) is 18.2 Å². The lowest BCUT2D eigenvalue weighted by atomic mass is 10.0. The summed E-state index contributed by atoms with van der Waals surface area (Å²) in [7, 11) is 0. The number of esters is 1. The van der Waals surface area contributed by atoms with Crippen molar-refractivity contribution in [2.45, 2.75) is 264 Å². The van der Waals surface area contributed by atoms with Gasteiger partial charge in [0.05, 0.1) is 25.2 Å². The molecule has 6 heteroatoms. The topological polar surface area (TPSA) is 95.9 Å². The zero-order chi connectivity index (χ0) is 46.7. The zero-order valence-corrected chi connectivity index (χ0v) is 41.9. The minimum absolute atomic E-state index is 0.0262. The van der Waals surface area contributed by atoms with Crippen LogP contribution in [0.15, 0.2) is 85.1 Å². The van der Waals surface area contributed by atoms with E-state index in [0.717, 1.165) is 64.2 Å². The highest BCUT2D eigenvalue weighted by Gasteiger charge is 2.23. The van der Waals surface area contributed by atoms with Gasteiger partial charge in [0.25, 0.3) is 0 Å². The maximum atomic E-state index is 13.2. The van der Waals surface area contributed by atoms with Crippen molar-refractivity contribution in [1.82, 2.24) is 5.32 Å². The summed E-state index contributed by atoms with van der Waals surface area (Å²) in [6, 6.07) is -0.747. The van der Waals surface area contributed by atoms with Crippen LogP contribution in [0.3, 0.4) is 0 Å². The average molecular weight is 892 g/mol. The number of hydrogen-bond acceptors (Lipinski definition) is 5. The number of amides is 1. The summed E-state index contributed by atoms with van der Waals surface area (Å²) in [5.74, 6) is -0.663. The third kappa shape index (κ3) is 45.6. The Labute approximate surface area is 395 Å². The number of ether oxygens (including phenoxy) is 1. The first kappa shape index (κ1) is 61.0. The van der Waals surface area contributed by atoms with Gasteiger partial charge in [0.2, 0.25) is 5.91 Å². The van der Waals surface area contributed by atoms with Crippen LogP contribution in [-0.2, 0) is 14.3 Å². The SMILES string of the molecule is CC/C=C\C/C=C\C/C=C\C/C=C\C/C=C\CC(CC(=O)NC(CO)C(O)CCCCCCCCCCCCCCCCCCC)OC(=O)CC/C=C/C/C=C\CCCCCCCC. The summed E-state index contributed by atoms with van der Waals surface area (Å²) in [5.41, 5.74) is 0. The minimum atomic E-state index is -0.825. The predicted molar refractivity (Wildman–Crippen MR) is 278 cm³/mol. The Kier molecular flexibility index (Phi) is 48.7. The molecule has 0 aliphatic carbocycles. The van der Waals surface area contributed by atoms with Crippen LogP contribution in [-0.4, -0.2) is 46.9 Å². The van der Waals surface area contributed by atoms with Crippen LogP contribution in [0.4, 0.5) is 0 Å². The number of allylic oxidation sites excluding steroid dienone is 13. The molecule has 0 heterocycles. The second-order valence-electron chi connectivity index (χ2n) is 17.9. The second-order valence-corrected chi connectivity index (χ2v) is 17.9. The van der Waals surface area contributed by atoms with Gasteiger partial charge in [-0.3, -0.25) is 9.59 Å². The largest absolute Gasteiger partial charge is 0.461 e. The first-order chi connectivity index (χ1) is 31.5. The third-order valence-corrected chi connectivity index (χ3v) is 11.7. The number of carbonyl (C=O) groups excluding carboxylic acids is 2. The minimum Gasteiger partial charge on any atom is -0.461 e. The fourth-order valence-corrected chi connectivity index (χ4v) is 7.68. The third-order valence-electron chi connectivity index (χ3n) is 11.7. The number of nitrogens with one attached hydrogen (secondary N) is 1. The van der Waals surface area contributed by atoms with Gasteiger partial charge in [-0.25, -0.2) is 0 Å². The predicted octanol–water partition coefficient (Wildman–Crippen LogP) is 16.3. The molecule has 0 rings (SSSR count). The number of aliphatic hydroxyl groups is 2. The van der Waals surface area contributed by atoms with Crippen molar-refractivity contribution >= 4 is 11.9 Å². The molecule has 0 aliphatic heterocycles. The van der Waals surface area contributed by atoms with Crippen LogP contribution in [0.5, 0.6) is 0 Å². The van der Waals surface area contributed by atoms with Crippen molar-refractivity contribution in [3.63, 3.8) is 0 Å². The lowest BCUT2D eigenvalue weighted by Gasteiger charge is -2.24.